The molecule has 2 aliphatic rings. The van der Waals surface area contributed by atoms with Gasteiger partial charge >= 0.3 is 5.97 Å². The third kappa shape index (κ3) is 2.64. The molecular formula is C17H16N4O4S. The monoisotopic (exact) mass is 372 g/mol. The van der Waals surface area contributed by atoms with Crippen LogP contribution in [0.1, 0.15) is 10.4 Å². The first-order valence-electron chi connectivity index (χ1n) is 8.34. The molecule has 0 amide bonds. The van der Waals surface area contributed by atoms with Crippen molar-refractivity contribution in [2.45, 2.75) is 12.1 Å². The van der Waals surface area contributed by atoms with E-state index in [9.17, 15) is 9.90 Å². The normalized spacial score (nSPS) is 22.7. The van der Waals surface area contributed by atoms with E-state index in [4.69, 9.17) is 9.15 Å². The minimum absolute atomic E-state index is 0.174. The lowest BCUT2D eigenvalue weighted by molar-refractivity contribution is 0.0367. The van der Waals surface area contributed by atoms with Gasteiger partial charge in [-0.25, -0.2) is 9.78 Å². The molecule has 2 bridgehead atoms. The number of oxazole rings is 1. The number of morpholine rings is 1. The lowest BCUT2D eigenvalue weighted by Crippen LogP contribution is -2.63. The van der Waals surface area contributed by atoms with Gasteiger partial charge in [0.2, 0.25) is 0 Å². The Kier molecular flexibility index (Phi) is 3.66. The number of piperazine rings is 1. The van der Waals surface area contributed by atoms with E-state index < -0.39 is 5.97 Å². The number of benzene rings is 1. The summed E-state index contributed by atoms with van der Waals surface area (Å²) in [5.74, 6) is -0.997. The quantitative estimate of drug-likeness (QED) is 0.718. The van der Waals surface area contributed by atoms with Gasteiger partial charge in [-0.3, -0.25) is 0 Å². The summed E-state index contributed by atoms with van der Waals surface area (Å²) in [6.07, 6.45) is 1.69. The number of nitrogens with zero attached hydrogens (tertiary/aromatic N) is 3. The summed E-state index contributed by atoms with van der Waals surface area (Å²) in [4.78, 5) is 22.5. The van der Waals surface area contributed by atoms with Gasteiger partial charge in [0.05, 0.1) is 24.3 Å². The number of aromatic carboxylic acids is 1. The average Bonchev–Trinajstić information content (AvgIpc) is 3.30. The Morgan fingerprint density at radius 1 is 1.31 bits per heavy atom. The number of hydrogen-bond acceptors (Lipinski definition) is 8. The SMILES string of the molecule is O=C(O)c1cc(-c2nccs2)c2oc(N3CC4COCC(C3)N4)nc2c1. The number of carboxylic acid groups (broad SMARTS) is 1. The second kappa shape index (κ2) is 6.04. The first-order chi connectivity index (χ1) is 12.7. The summed E-state index contributed by atoms with van der Waals surface area (Å²) in [6, 6.07) is 4.14. The standard InChI is InChI=1S/C17H16N4O4S/c22-16(23)9-3-12(15-18-1-2-26-15)14-13(4-9)20-17(25-14)21-5-10-7-24-8-11(6-21)19-10/h1-4,10-11,19H,5-8H2,(H,22,23). The van der Waals surface area contributed by atoms with Crippen molar-refractivity contribution in [3.8, 4) is 10.6 Å². The summed E-state index contributed by atoms with van der Waals surface area (Å²) in [7, 11) is 0. The number of aromatic nitrogens is 2. The second-order valence-electron chi connectivity index (χ2n) is 6.51. The van der Waals surface area contributed by atoms with Crippen molar-refractivity contribution < 1.29 is 19.1 Å². The van der Waals surface area contributed by atoms with Crippen LogP contribution < -0.4 is 10.2 Å². The van der Waals surface area contributed by atoms with Crippen LogP contribution in [0.25, 0.3) is 21.7 Å². The number of carbonyl (C=O) groups is 1. The second-order valence-corrected chi connectivity index (χ2v) is 7.41. The molecule has 2 saturated heterocycles. The number of fused-ring (bicyclic) bond motifs is 3. The van der Waals surface area contributed by atoms with Crippen LogP contribution in [0, 0.1) is 0 Å². The molecule has 2 N–H and O–H groups in total. The van der Waals surface area contributed by atoms with Gasteiger partial charge < -0.3 is 24.5 Å². The highest BCUT2D eigenvalue weighted by atomic mass is 32.1. The number of ether oxygens (including phenoxy) is 1. The van der Waals surface area contributed by atoms with Crippen molar-refractivity contribution in [1.29, 1.82) is 0 Å². The maximum Gasteiger partial charge on any atom is 0.335 e. The van der Waals surface area contributed by atoms with E-state index in [0.29, 0.717) is 40.9 Å². The first kappa shape index (κ1) is 15.7. The molecule has 5 rings (SSSR count). The smallest absolute Gasteiger partial charge is 0.335 e. The molecule has 2 atom stereocenters. The van der Waals surface area contributed by atoms with Crippen molar-refractivity contribution in [3.05, 3.63) is 29.3 Å². The molecule has 0 spiro atoms. The van der Waals surface area contributed by atoms with Crippen LogP contribution in [0.2, 0.25) is 0 Å². The molecule has 2 aliphatic heterocycles. The van der Waals surface area contributed by atoms with Crippen molar-refractivity contribution in [2.24, 2.45) is 0 Å². The Morgan fingerprint density at radius 2 is 2.12 bits per heavy atom. The van der Waals surface area contributed by atoms with E-state index in [1.54, 1.807) is 18.3 Å². The molecule has 8 nitrogen and oxygen atoms in total. The van der Waals surface area contributed by atoms with Gasteiger partial charge in [-0.2, -0.15) is 4.98 Å². The van der Waals surface area contributed by atoms with Crippen molar-refractivity contribution >= 4 is 34.4 Å². The van der Waals surface area contributed by atoms with E-state index in [2.05, 4.69) is 20.2 Å². The Labute approximate surface area is 152 Å². The molecule has 3 aromatic rings. The summed E-state index contributed by atoms with van der Waals surface area (Å²) in [5.41, 5.74) is 1.94. The zero-order valence-corrected chi connectivity index (χ0v) is 14.5. The minimum Gasteiger partial charge on any atom is -0.478 e. The molecule has 2 fully saturated rings. The Hall–Kier alpha value is -2.49. The molecule has 0 aliphatic carbocycles. The number of anilines is 1. The summed E-state index contributed by atoms with van der Waals surface area (Å²) in [6.45, 7) is 2.81. The van der Waals surface area contributed by atoms with E-state index in [1.807, 2.05) is 5.38 Å². The third-order valence-corrected chi connectivity index (χ3v) is 5.46. The van der Waals surface area contributed by atoms with Gasteiger partial charge in [-0.15, -0.1) is 11.3 Å². The van der Waals surface area contributed by atoms with E-state index in [0.717, 1.165) is 13.1 Å². The number of thiazole rings is 1. The van der Waals surface area contributed by atoms with E-state index in [-0.39, 0.29) is 17.6 Å². The number of nitrogens with one attached hydrogen (secondary N) is 1. The third-order valence-electron chi connectivity index (χ3n) is 4.65. The summed E-state index contributed by atoms with van der Waals surface area (Å²) in [5, 5.41) is 15.5. The van der Waals surface area contributed by atoms with Gasteiger partial charge in [-0.05, 0) is 12.1 Å². The summed E-state index contributed by atoms with van der Waals surface area (Å²) < 4.78 is 11.7. The van der Waals surface area contributed by atoms with Gasteiger partial charge in [0, 0.05) is 36.8 Å². The van der Waals surface area contributed by atoms with Crippen LogP contribution in [0.4, 0.5) is 6.01 Å². The Balaban J connectivity index is 1.60. The zero-order chi connectivity index (χ0) is 17.7. The molecule has 4 heterocycles. The van der Waals surface area contributed by atoms with Gasteiger partial charge in [0.1, 0.15) is 10.5 Å². The molecule has 0 radical (unpaired) electrons. The number of rotatable bonds is 3. The highest BCUT2D eigenvalue weighted by Gasteiger charge is 2.33. The van der Waals surface area contributed by atoms with Crippen molar-refractivity contribution in [1.82, 2.24) is 15.3 Å². The number of carboxylic acids is 1. The van der Waals surface area contributed by atoms with Crippen LogP contribution in [0.15, 0.2) is 28.1 Å². The van der Waals surface area contributed by atoms with Crippen LogP contribution in [0.5, 0.6) is 0 Å². The first-order valence-corrected chi connectivity index (χ1v) is 9.22. The fourth-order valence-electron chi connectivity index (χ4n) is 3.55. The fourth-order valence-corrected chi connectivity index (χ4v) is 4.20. The predicted octanol–water partition coefficient (Wildman–Crippen LogP) is 1.83. The zero-order valence-electron chi connectivity index (χ0n) is 13.7. The Bertz CT molecular complexity index is 959. The van der Waals surface area contributed by atoms with Crippen LogP contribution in [0.3, 0.4) is 0 Å². The highest BCUT2D eigenvalue weighted by Crippen LogP contribution is 2.34. The van der Waals surface area contributed by atoms with Gasteiger partial charge in [0.25, 0.3) is 6.01 Å². The van der Waals surface area contributed by atoms with Crippen molar-refractivity contribution in [3.63, 3.8) is 0 Å². The lowest BCUT2D eigenvalue weighted by Gasteiger charge is -2.41. The molecule has 134 valence electrons. The van der Waals surface area contributed by atoms with Gasteiger partial charge in [-0.1, -0.05) is 0 Å². The molecular weight excluding hydrogens is 356 g/mol. The highest BCUT2D eigenvalue weighted by molar-refractivity contribution is 7.13. The van der Waals surface area contributed by atoms with Crippen LogP contribution in [-0.4, -0.2) is 59.4 Å². The predicted molar refractivity (Wildman–Crippen MR) is 95.8 cm³/mol. The van der Waals surface area contributed by atoms with Crippen LogP contribution >= 0.6 is 11.3 Å². The minimum atomic E-state index is -0.997. The van der Waals surface area contributed by atoms with Gasteiger partial charge in [0.15, 0.2) is 5.58 Å². The topological polar surface area (TPSA) is 101 Å². The number of hydrogen-bond donors (Lipinski definition) is 2. The molecule has 26 heavy (non-hydrogen) atoms. The molecule has 9 heteroatoms. The molecule has 0 saturated carbocycles. The summed E-state index contributed by atoms with van der Waals surface area (Å²) >= 11 is 1.44. The largest absolute Gasteiger partial charge is 0.478 e. The molecule has 1 aromatic carbocycles. The van der Waals surface area contributed by atoms with E-state index >= 15 is 0 Å². The molecule has 2 unspecified atom stereocenters. The molecule has 2 aromatic heterocycles. The van der Waals surface area contributed by atoms with Crippen LogP contribution in [-0.2, 0) is 4.74 Å². The fraction of sp³-hybridized carbons (Fsp3) is 0.353. The Morgan fingerprint density at radius 3 is 2.81 bits per heavy atom. The lowest BCUT2D eigenvalue weighted by atomic mass is 10.1. The average molecular weight is 372 g/mol. The van der Waals surface area contributed by atoms with E-state index in [1.165, 1.54) is 11.3 Å². The van der Waals surface area contributed by atoms with Crippen molar-refractivity contribution in [2.75, 3.05) is 31.2 Å². The maximum atomic E-state index is 11.5. The maximum absolute atomic E-state index is 11.5.